The Morgan fingerprint density at radius 1 is 0.464 bits per heavy atom. The van der Waals surface area contributed by atoms with Crippen LogP contribution in [0.2, 0.25) is 0 Å². The quantitative estimate of drug-likeness (QED) is 0.0146. The molecule has 6 N–H and O–H groups in total. The molecular formula is C56H105O12P. The predicted octanol–water partition coefficient (Wildman–Crippen LogP) is 13.4. The van der Waals surface area contributed by atoms with Crippen molar-refractivity contribution in [1.82, 2.24) is 0 Å². The van der Waals surface area contributed by atoms with Gasteiger partial charge in [-0.3, -0.25) is 13.8 Å². The number of carbonyl (C=O) groups excluding carboxylic acids is 1. The highest BCUT2D eigenvalue weighted by Crippen LogP contribution is 2.47. The van der Waals surface area contributed by atoms with Gasteiger partial charge in [-0.2, -0.15) is 0 Å². The molecule has 0 aromatic heterocycles. The van der Waals surface area contributed by atoms with Gasteiger partial charge in [0.2, 0.25) is 0 Å². The first-order valence-electron chi connectivity index (χ1n) is 28.3. The fourth-order valence-corrected chi connectivity index (χ4v) is 9.75. The highest BCUT2D eigenvalue weighted by atomic mass is 31.2. The first-order valence-corrected chi connectivity index (χ1v) is 29.8. The fourth-order valence-electron chi connectivity index (χ4n) is 8.78. The van der Waals surface area contributed by atoms with Crippen molar-refractivity contribution in [3.05, 3.63) is 36.5 Å². The van der Waals surface area contributed by atoms with Gasteiger partial charge in [0.15, 0.2) is 0 Å². The first kappa shape index (κ1) is 65.6. The lowest BCUT2D eigenvalue weighted by Gasteiger charge is -2.41. The second-order valence-corrected chi connectivity index (χ2v) is 21.2. The van der Waals surface area contributed by atoms with E-state index in [0.29, 0.717) is 13.0 Å². The normalized spacial score (nSPS) is 21.2. The molecule has 0 aromatic carbocycles. The second-order valence-electron chi connectivity index (χ2n) is 19.8. The van der Waals surface area contributed by atoms with Gasteiger partial charge in [-0.15, -0.1) is 0 Å². The summed E-state index contributed by atoms with van der Waals surface area (Å²) in [5.41, 5.74) is 0. The Morgan fingerprint density at radius 2 is 0.812 bits per heavy atom. The Hall–Kier alpha value is -1.44. The van der Waals surface area contributed by atoms with Crippen LogP contribution >= 0.6 is 7.82 Å². The number of aliphatic hydroxyl groups is 5. The van der Waals surface area contributed by atoms with Gasteiger partial charge in [0, 0.05) is 13.0 Å². The van der Waals surface area contributed by atoms with E-state index in [1.165, 1.54) is 161 Å². The Bertz CT molecular complexity index is 1280. The number of esters is 1. The number of aliphatic hydroxyl groups excluding tert-OH is 5. The Kier molecular flexibility index (Phi) is 44.1. The van der Waals surface area contributed by atoms with E-state index in [-0.39, 0.29) is 13.0 Å². The van der Waals surface area contributed by atoms with Crippen LogP contribution in [0.4, 0.5) is 0 Å². The number of ether oxygens (including phenoxy) is 2. The van der Waals surface area contributed by atoms with Crippen LogP contribution in [0.25, 0.3) is 0 Å². The summed E-state index contributed by atoms with van der Waals surface area (Å²) < 4.78 is 34.4. The summed E-state index contributed by atoms with van der Waals surface area (Å²) >= 11 is 0. The van der Waals surface area contributed by atoms with E-state index < -0.39 is 63.1 Å². The van der Waals surface area contributed by atoms with Crippen LogP contribution < -0.4 is 0 Å². The van der Waals surface area contributed by atoms with Crippen molar-refractivity contribution >= 4 is 13.8 Å². The third kappa shape index (κ3) is 37.9. The van der Waals surface area contributed by atoms with Crippen LogP contribution in [-0.4, -0.2) is 98.9 Å². The van der Waals surface area contributed by atoms with Crippen LogP contribution in [0.15, 0.2) is 36.5 Å². The van der Waals surface area contributed by atoms with Crippen LogP contribution in [0.5, 0.6) is 0 Å². The molecule has 0 spiro atoms. The van der Waals surface area contributed by atoms with Crippen molar-refractivity contribution in [3.63, 3.8) is 0 Å². The zero-order chi connectivity index (χ0) is 50.5. The molecular weight excluding hydrogens is 896 g/mol. The van der Waals surface area contributed by atoms with Gasteiger partial charge >= 0.3 is 13.8 Å². The van der Waals surface area contributed by atoms with E-state index in [0.717, 1.165) is 64.2 Å². The lowest BCUT2D eigenvalue weighted by atomic mass is 9.85. The summed E-state index contributed by atoms with van der Waals surface area (Å²) in [6.45, 7) is 4.26. The second kappa shape index (κ2) is 46.4. The average Bonchev–Trinajstić information content (AvgIpc) is 3.34. The lowest BCUT2D eigenvalue weighted by molar-refractivity contribution is -0.220. The fraction of sp³-hybridized carbons (Fsp3) is 0.875. The summed E-state index contributed by atoms with van der Waals surface area (Å²) in [5, 5.41) is 50.4. The van der Waals surface area contributed by atoms with Gasteiger partial charge in [-0.1, -0.05) is 230 Å². The number of phosphoric ester groups is 1. The number of hydrogen-bond acceptors (Lipinski definition) is 11. The van der Waals surface area contributed by atoms with Crippen LogP contribution in [0.3, 0.4) is 0 Å². The van der Waals surface area contributed by atoms with E-state index in [4.69, 9.17) is 18.5 Å². The largest absolute Gasteiger partial charge is 0.472 e. The van der Waals surface area contributed by atoms with Gasteiger partial charge in [-0.05, 0) is 51.4 Å². The number of phosphoric acid groups is 1. The van der Waals surface area contributed by atoms with E-state index in [9.17, 15) is 39.8 Å². The topological polar surface area (TPSA) is 192 Å². The number of rotatable bonds is 49. The van der Waals surface area contributed by atoms with Crippen molar-refractivity contribution in [2.75, 3.05) is 19.8 Å². The molecule has 0 aliphatic heterocycles. The molecule has 0 amide bonds. The molecule has 0 aromatic rings. The maximum Gasteiger partial charge on any atom is 0.472 e. The summed E-state index contributed by atoms with van der Waals surface area (Å²) in [7, 11) is -5.03. The smallest absolute Gasteiger partial charge is 0.457 e. The van der Waals surface area contributed by atoms with Crippen molar-refractivity contribution in [2.24, 2.45) is 0 Å². The molecule has 1 aliphatic carbocycles. The van der Waals surface area contributed by atoms with Gasteiger partial charge in [0.1, 0.15) is 42.7 Å². The molecule has 1 saturated carbocycles. The third-order valence-electron chi connectivity index (χ3n) is 13.3. The molecule has 0 radical (unpaired) electrons. The number of carbonyl (C=O) groups is 1. The number of allylic oxidation sites excluding steroid dienone is 6. The lowest BCUT2D eigenvalue weighted by Crippen LogP contribution is -2.64. The summed E-state index contributed by atoms with van der Waals surface area (Å²) in [6.07, 6.45) is 45.0. The summed E-state index contributed by atoms with van der Waals surface area (Å²) in [6, 6.07) is 0. The van der Waals surface area contributed by atoms with Crippen LogP contribution in [-0.2, 0) is 27.9 Å². The minimum absolute atomic E-state index is 0.0805. The van der Waals surface area contributed by atoms with E-state index in [1.807, 2.05) is 0 Å². The Balaban J connectivity index is 2.29. The molecule has 6 unspecified atom stereocenters. The average molecular weight is 1000 g/mol. The zero-order valence-electron chi connectivity index (χ0n) is 43.9. The van der Waals surface area contributed by atoms with Crippen LogP contribution in [0.1, 0.15) is 251 Å². The minimum Gasteiger partial charge on any atom is -0.457 e. The van der Waals surface area contributed by atoms with Crippen molar-refractivity contribution in [1.29, 1.82) is 0 Å². The molecule has 69 heavy (non-hydrogen) atoms. The molecule has 13 heteroatoms. The molecule has 406 valence electrons. The van der Waals surface area contributed by atoms with Gasteiger partial charge < -0.3 is 39.9 Å². The highest BCUT2D eigenvalue weighted by Gasteiger charge is 2.51. The van der Waals surface area contributed by atoms with Crippen molar-refractivity contribution < 1.29 is 58.3 Å². The number of unbranched alkanes of at least 4 members (excludes halogenated alkanes) is 31. The van der Waals surface area contributed by atoms with Gasteiger partial charge in [0.25, 0.3) is 0 Å². The first-order chi connectivity index (χ1) is 33.5. The summed E-state index contributed by atoms with van der Waals surface area (Å²) in [5.74, 6) is -0.476. The molecule has 0 heterocycles. The molecule has 0 saturated heterocycles. The van der Waals surface area contributed by atoms with E-state index in [2.05, 4.69) is 50.3 Å². The van der Waals surface area contributed by atoms with Gasteiger partial charge in [0.05, 0.1) is 13.2 Å². The predicted molar refractivity (Wildman–Crippen MR) is 281 cm³/mol. The van der Waals surface area contributed by atoms with E-state index >= 15 is 0 Å². The Morgan fingerprint density at radius 3 is 1.26 bits per heavy atom. The molecule has 1 aliphatic rings. The van der Waals surface area contributed by atoms with Gasteiger partial charge in [-0.25, -0.2) is 4.57 Å². The van der Waals surface area contributed by atoms with Crippen LogP contribution in [0, 0.1) is 0 Å². The molecule has 6 atom stereocenters. The zero-order valence-corrected chi connectivity index (χ0v) is 44.8. The maximum atomic E-state index is 12.9. The third-order valence-corrected chi connectivity index (χ3v) is 14.3. The molecule has 1 fully saturated rings. The van der Waals surface area contributed by atoms with Crippen molar-refractivity contribution in [3.8, 4) is 0 Å². The maximum absolute atomic E-state index is 12.9. The van der Waals surface area contributed by atoms with E-state index in [1.54, 1.807) is 0 Å². The molecule has 0 bridgehead atoms. The Labute approximate surface area is 421 Å². The standard InChI is InChI=1S/C56H105O12P/c1-3-5-7-9-11-13-15-17-19-21-23-25-26-27-29-31-33-35-37-39-41-43-45-50(57)67-49(48-66-69(63,64)68-56-54(61)52(59)51(58)53(60)55(56)62)47-65-46-44-42-40-38-36-34-32-30-28-24-22-20-18-16-14-12-10-8-6-4-2/h12,14,18,20,24,28,49,51-56,58-62H,3-11,13,15-17,19,21-23,25-27,29-48H2,1-2H3,(H,63,64)/b14-12-,20-18-,28-24-. The van der Waals surface area contributed by atoms with Crippen molar-refractivity contribution in [2.45, 2.75) is 294 Å². The minimum atomic E-state index is -5.03. The monoisotopic (exact) mass is 1000 g/mol. The molecule has 1 rings (SSSR count). The summed E-state index contributed by atoms with van der Waals surface area (Å²) in [4.78, 5) is 23.3. The highest BCUT2D eigenvalue weighted by molar-refractivity contribution is 7.47. The number of hydrogen-bond donors (Lipinski definition) is 6. The molecule has 12 nitrogen and oxygen atoms in total. The SMILES string of the molecule is CCCCC/C=C\C/C=C\C/C=C\CCCCCCCCCOCC(COP(=O)(O)OC1C(O)C(O)C(O)C(O)C1O)OC(=O)CCCCCCCCCCCCCCCCCCCCCCCC.